The number of Topliss-reactive ketones (excluding diaryl/α,β-unsaturated/α-hetero) is 1. The van der Waals surface area contributed by atoms with Crippen LogP contribution in [-0.4, -0.2) is 25.9 Å². The molecule has 178 valence electrons. The molecule has 0 saturated carbocycles. The molecule has 1 atom stereocenters. The van der Waals surface area contributed by atoms with Crippen molar-refractivity contribution in [1.82, 2.24) is 5.32 Å². The minimum atomic E-state index is -0.553. The number of benzene rings is 3. The van der Waals surface area contributed by atoms with Gasteiger partial charge in [0.1, 0.15) is 0 Å². The number of nitrogens with one attached hydrogen (secondary N) is 1. The van der Waals surface area contributed by atoms with E-state index in [2.05, 4.69) is 5.32 Å². The van der Waals surface area contributed by atoms with Crippen molar-refractivity contribution in [2.75, 3.05) is 14.2 Å². The molecule has 0 saturated heterocycles. The summed E-state index contributed by atoms with van der Waals surface area (Å²) in [6.07, 6.45) is 5.25. The Bertz CT molecular complexity index is 1290. The van der Waals surface area contributed by atoms with Gasteiger partial charge >= 0.3 is 0 Å². The van der Waals surface area contributed by atoms with Crippen LogP contribution in [0.2, 0.25) is 0 Å². The van der Waals surface area contributed by atoms with Crippen molar-refractivity contribution in [3.05, 3.63) is 107 Å². The van der Waals surface area contributed by atoms with Gasteiger partial charge in [0.25, 0.3) is 0 Å². The minimum Gasteiger partial charge on any atom is -0.493 e. The number of carbonyl (C=O) groups is 2. The lowest BCUT2D eigenvalue weighted by Gasteiger charge is -2.39. The van der Waals surface area contributed by atoms with Crippen molar-refractivity contribution < 1.29 is 19.1 Å². The normalized spacial score (nSPS) is 16.2. The fraction of sp³-hybridized carbons (Fsp3) is 0.200. The highest BCUT2D eigenvalue weighted by molar-refractivity contribution is 6.29. The number of hydrogen-bond donors (Lipinski definition) is 1. The van der Waals surface area contributed by atoms with Gasteiger partial charge in [-0.05, 0) is 34.9 Å². The van der Waals surface area contributed by atoms with Crippen molar-refractivity contribution in [2.45, 2.75) is 19.9 Å². The molecule has 0 bridgehead atoms. The summed E-state index contributed by atoms with van der Waals surface area (Å²) in [5.41, 5.74) is 3.07. The fourth-order valence-electron chi connectivity index (χ4n) is 4.42. The molecule has 0 unspecified atom stereocenters. The van der Waals surface area contributed by atoms with Gasteiger partial charge in [-0.15, -0.1) is 0 Å². The quantitative estimate of drug-likeness (QED) is 0.348. The van der Waals surface area contributed by atoms with Crippen molar-refractivity contribution in [3.8, 4) is 11.5 Å². The van der Waals surface area contributed by atoms with E-state index in [0.717, 1.165) is 11.1 Å². The van der Waals surface area contributed by atoms with Crippen molar-refractivity contribution in [2.24, 2.45) is 5.41 Å². The van der Waals surface area contributed by atoms with Gasteiger partial charge in [0, 0.05) is 22.6 Å². The van der Waals surface area contributed by atoms with E-state index in [1.54, 1.807) is 32.4 Å². The molecule has 4 rings (SSSR count). The molecular formula is C30H29NO4. The molecule has 1 aliphatic rings. The molecule has 0 spiro atoms. The van der Waals surface area contributed by atoms with Gasteiger partial charge < -0.3 is 14.8 Å². The SMILES string of the molecule is COc1cc2c(cc1OC)[C@@H](NC(=O)/C=C/c1ccccc1)C(C)(C)C=C2C(=O)c1ccccc1. The number of rotatable bonds is 7. The molecule has 3 aromatic rings. The Balaban J connectivity index is 1.77. The van der Waals surface area contributed by atoms with Crippen LogP contribution in [0.15, 0.2) is 84.9 Å². The van der Waals surface area contributed by atoms with E-state index in [-0.39, 0.29) is 11.7 Å². The van der Waals surface area contributed by atoms with Gasteiger partial charge in [-0.1, -0.05) is 80.6 Å². The molecule has 0 radical (unpaired) electrons. The summed E-state index contributed by atoms with van der Waals surface area (Å²) < 4.78 is 11.1. The number of hydrogen-bond acceptors (Lipinski definition) is 4. The summed E-state index contributed by atoms with van der Waals surface area (Å²) in [4.78, 5) is 26.5. The Morgan fingerprint density at radius 1 is 0.886 bits per heavy atom. The zero-order chi connectivity index (χ0) is 25.0. The Hall–Kier alpha value is -4.12. The summed E-state index contributed by atoms with van der Waals surface area (Å²) in [7, 11) is 3.13. The molecule has 3 aromatic carbocycles. The highest BCUT2D eigenvalue weighted by Gasteiger charge is 2.39. The Morgan fingerprint density at radius 3 is 2.11 bits per heavy atom. The predicted molar refractivity (Wildman–Crippen MR) is 138 cm³/mol. The van der Waals surface area contributed by atoms with Crippen LogP contribution in [0, 0.1) is 5.41 Å². The van der Waals surface area contributed by atoms with Gasteiger partial charge in [0.2, 0.25) is 5.91 Å². The summed E-state index contributed by atoms with van der Waals surface area (Å²) >= 11 is 0. The Kier molecular flexibility index (Phi) is 6.87. The van der Waals surface area contributed by atoms with Crippen LogP contribution in [0.5, 0.6) is 11.5 Å². The van der Waals surface area contributed by atoms with E-state index in [9.17, 15) is 9.59 Å². The van der Waals surface area contributed by atoms with Crippen molar-refractivity contribution in [1.29, 1.82) is 0 Å². The second kappa shape index (κ2) is 10.0. The maximum atomic E-state index is 13.6. The third kappa shape index (κ3) is 5.04. The average molecular weight is 468 g/mol. The van der Waals surface area contributed by atoms with E-state index in [1.807, 2.05) is 80.6 Å². The maximum absolute atomic E-state index is 13.6. The molecule has 35 heavy (non-hydrogen) atoms. The summed E-state index contributed by atoms with van der Waals surface area (Å²) in [6, 6.07) is 22.1. The summed E-state index contributed by atoms with van der Waals surface area (Å²) in [6.45, 7) is 4.02. The first-order chi connectivity index (χ1) is 16.8. The van der Waals surface area contributed by atoms with Gasteiger partial charge in [-0.3, -0.25) is 9.59 Å². The van der Waals surface area contributed by atoms with Crippen LogP contribution < -0.4 is 14.8 Å². The van der Waals surface area contributed by atoms with E-state index in [0.29, 0.717) is 28.2 Å². The molecule has 5 nitrogen and oxygen atoms in total. The Labute approximate surface area is 206 Å². The van der Waals surface area contributed by atoms with E-state index in [1.165, 1.54) is 6.08 Å². The fourth-order valence-corrected chi connectivity index (χ4v) is 4.42. The minimum absolute atomic E-state index is 0.0825. The maximum Gasteiger partial charge on any atom is 0.244 e. The second-order valence-electron chi connectivity index (χ2n) is 9.05. The molecule has 1 amide bonds. The molecule has 0 heterocycles. The zero-order valence-corrected chi connectivity index (χ0v) is 20.4. The number of amides is 1. The third-order valence-corrected chi connectivity index (χ3v) is 6.21. The summed E-state index contributed by atoms with van der Waals surface area (Å²) in [5, 5.41) is 3.15. The molecule has 0 aromatic heterocycles. The monoisotopic (exact) mass is 467 g/mol. The molecule has 0 aliphatic heterocycles. The van der Waals surface area contributed by atoms with Crippen LogP contribution in [0.4, 0.5) is 0 Å². The first kappa shape index (κ1) is 24.0. The molecule has 1 N–H and O–H groups in total. The Morgan fingerprint density at radius 2 is 1.49 bits per heavy atom. The number of ketones is 1. The smallest absolute Gasteiger partial charge is 0.244 e. The lowest BCUT2D eigenvalue weighted by molar-refractivity contribution is -0.117. The average Bonchev–Trinajstić information content (AvgIpc) is 2.88. The zero-order valence-electron chi connectivity index (χ0n) is 20.4. The van der Waals surface area contributed by atoms with Gasteiger partial charge in [0.15, 0.2) is 17.3 Å². The van der Waals surface area contributed by atoms with Crippen LogP contribution >= 0.6 is 0 Å². The highest BCUT2D eigenvalue weighted by Crippen LogP contribution is 2.48. The van der Waals surface area contributed by atoms with Crippen molar-refractivity contribution in [3.63, 3.8) is 0 Å². The number of carbonyl (C=O) groups excluding carboxylic acids is 2. The first-order valence-corrected chi connectivity index (χ1v) is 11.5. The first-order valence-electron chi connectivity index (χ1n) is 11.5. The number of fused-ring (bicyclic) bond motifs is 1. The molecule has 1 aliphatic carbocycles. The second-order valence-corrected chi connectivity index (χ2v) is 9.05. The number of ether oxygens (including phenoxy) is 2. The highest BCUT2D eigenvalue weighted by atomic mass is 16.5. The molecule has 5 heteroatoms. The lowest BCUT2D eigenvalue weighted by atomic mass is 9.70. The van der Waals surface area contributed by atoms with E-state index in [4.69, 9.17) is 9.47 Å². The standard InChI is InChI=1S/C30H29NO4/c1-30(2)19-24(28(33)21-13-9-6-10-14-21)22-17-25(34-3)26(35-4)18-23(22)29(30)31-27(32)16-15-20-11-7-5-8-12-20/h5-19,29H,1-4H3,(H,31,32)/b16-15+/t29-/m1/s1. The third-order valence-electron chi connectivity index (χ3n) is 6.21. The van der Waals surface area contributed by atoms with Crippen molar-refractivity contribution >= 4 is 23.3 Å². The van der Waals surface area contributed by atoms with Gasteiger partial charge in [-0.2, -0.15) is 0 Å². The van der Waals surface area contributed by atoms with E-state index < -0.39 is 11.5 Å². The molecule has 0 fully saturated rings. The van der Waals surface area contributed by atoms with Crippen LogP contribution in [0.1, 0.15) is 46.9 Å². The number of allylic oxidation sites excluding steroid dienone is 1. The van der Waals surface area contributed by atoms with E-state index >= 15 is 0 Å². The predicted octanol–water partition coefficient (Wildman–Crippen LogP) is 5.88. The van der Waals surface area contributed by atoms with Gasteiger partial charge in [0.05, 0.1) is 20.3 Å². The van der Waals surface area contributed by atoms with Crippen LogP contribution in [0.3, 0.4) is 0 Å². The van der Waals surface area contributed by atoms with Gasteiger partial charge in [-0.25, -0.2) is 0 Å². The lowest BCUT2D eigenvalue weighted by Crippen LogP contribution is -2.39. The molecular weight excluding hydrogens is 438 g/mol. The van der Waals surface area contributed by atoms with Crippen LogP contribution in [-0.2, 0) is 4.79 Å². The summed E-state index contributed by atoms with van der Waals surface area (Å²) in [5.74, 6) is 0.751. The topological polar surface area (TPSA) is 64.6 Å². The van der Waals surface area contributed by atoms with Crippen LogP contribution in [0.25, 0.3) is 11.6 Å². The largest absolute Gasteiger partial charge is 0.493 e. The number of methoxy groups -OCH3 is 2.